The third-order valence-corrected chi connectivity index (χ3v) is 8.19. The van der Waals surface area contributed by atoms with Crippen molar-refractivity contribution < 1.29 is 4.74 Å². The van der Waals surface area contributed by atoms with Crippen LogP contribution in [0.1, 0.15) is 18.1 Å². The molecule has 0 aromatic heterocycles. The van der Waals surface area contributed by atoms with Crippen LogP contribution >= 0.6 is 0 Å². The maximum atomic E-state index is 5.50. The fraction of sp³-hybridized carbons (Fsp3) is 0.500. The molecule has 2 heteroatoms. The number of hydrogen-bond acceptors (Lipinski definition) is 1. The molecule has 0 aliphatic carbocycles. The Bertz CT molecular complexity index is 294. The summed E-state index contributed by atoms with van der Waals surface area (Å²) in [6.45, 7) is 5.87. The van der Waals surface area contributed by atoms with E-state index in [1.807, 2.05) is 6.92 Å². The zero-order valence-electron chi connectivity index (χ0n) is 9.50. The summed E-state index contributed by atoms with van der Waals surface area (Å²) in [5.74, 6) is 0. The molecule has 0 atom stereocenters. The number of hydrogen-bond donors (Lipinski definition) is 0. The zero-order chi connectivity index (χ0) is 10.6. The standard InChI is InChI=1S/C10H13O.2CH3.Bi/c1-3-11-8-10-6-4-5-9(2)7-10;;;/h4-6H,3,8H2,1-2H3;2*1H3;. The van der Waals surface area contributed by atoms with Crippen molar-refractivity contribution in [1.29, 1.82) is 0 Å². The second-order valence-corrected chi connectivity index (χ2v) is 12.3. The molecule has 14 heavy (non-hydrogen) atoms. The van der Waals surface area contributed by atoms with E-state index in [2.05, 4.69) is 34.4 Å². The summed E-state index contributed by atoms with van der Waals surface area (Å²) in [5, 5.41) is 0. The Kier molecular flexibility index (Phi) is 5.05. The number of benzene rings is 1. The molecule has 1 aromatic rings. The van der Waals surface area contributed by atoms with Crippen LogP contribution in [0.3, 0.4) is 0 Å². The van der Waals surface area contributed by atoms with Gasteiger partial charge in [0, 0.05) is 0 Å². The fourth-order valence-corrected chi connectivity index (χ4v) is 7.49. The Morgan fingerprint density at radius 2 is 2.00 bits per heavy atom. The molecule has 0 N–H and O–H groups in total. The topological polar surface area (TPSA) is 9.23 Å². The second kappa shape index (κ2) is 5.83. The van der Waals surface area contributed by atoms with Crippen molar-refractivity contribution in [3.05, 3.63) is 29.3 Å². The first-order valence-corrected chi connectivity index (χ1v) is 13.7. The predicted octanol–water partition coefficient (Wildman–Crippen LogP) is 2.49. The molecule has 0 saturated carbocycles. The summed E-state index contributed by atoms with van der Waals surface area (Å²) in [4.78, 5) is 0. The van der Waals surface area contributed by atoms with Gasteiger partial charge in [0.2, 0.25) is 0 Å². The van der Waals surface area contributed by atoms with Gasteiger partial charge in [0.25, 0.3) is 0 Å². The molecule has 1 rings (SSSR count). The van der Waals surface area contributed by atoms with Gasteiger partial charge < -0.3 is 0 Å². The van der Waals surface area contributed by atoms with Gasteiger partial charge in [-0.05, 0) is 0 Å². The van der Waals surface area contributed by atoms with Gasteiger partial charge in [0.15, 0.2) is 0 Å². The molecule has 0 amide bonds. The van der Waals surface area contributed by atoms with E-state index in [4.69, 9.17) is 4.74 Å². The van der Waals surface area contributed by atoms with Crippen LogP contribution in [0, 0.1) is 6.92 Å². The Morgan fingerprint density at radius 3 is 2.57 bits per heavy atom. The molecular formula is C12H19BiO. The van der Waals surface area contributed by atoms with Crippen molar-refractivity contribution in [3.8, 4) is 0 Å². The van der Waals surface area contributed by atoms with Crippen LogP contribution in [0.15, 0.2) is 18.2 Å². The van der Waals surface area contributed by atoms with Gasteiger partial charge in [-0.1, -0.05) is 0 Å². The first-order chi connectivity index (χ1) is 6.66. The SMILES string of the molecule is CCOCc1cccc(C)[c]1[Bi]([CH3])[CH3]. The molecule has 0 heterocycles. The van der Waals surface area contributed by atoms with E-state index in [0.717, 1.165) is 13.2 Å². The summed E-state index contributed by atoms with van der Waals surface area (Å²) in [5.41, 5.74) is 2.89. The average molecular weight is 388 g/mol. The number of ether oxygens (including phenoxy) is 1. The first kappa shape index (κ1) is 12.1. The molecule has 1 nitrogen and oxygen atoms in total. The molecule has 0 saturated heterocycles. The molecule has 0 radical (unpaired) electrons. The molecule has 0 unspecified atom stereocenters. The Labute approximate surface area is 95.2 Å². The quantitative estimate of drug-likeness (QED) is 0.721. The van der Waals surface area contributed by atoms with Crippen molar-refractivity contribution in [2.45, 2.75) is 29.7 Å². The fourth-order valence-electron chi connectivity index (χ4n) is 1.69. The van der Waals surface area contributed by atoms with E-state index >= 15 is 0 Å². The van der Waals surface area contributed by atoms with E-state index in [1.165, 1.54) is 11.1 Å². The van der Waals surface area contributed by atoms with Gasteiger partial charge in [0.05, 0.1) is 0 Å². The molecule has 0 fully saturated rings. The Hall–Kier alpha value is 0.0631. The van der Waals surface area contributed by atoms with Gasteiger partial charge in [0.1, 0.15) is 0 Å². The van der Waals surface area contributed by atoms with Crippen LogP contribution in [0.5, 0.6) is 0 Å². The van der Waals surface area contributed by atoms with Gasteiger partial charge >= 0.3 is 95.4 Å². The second-order valence-electron chi connectivity index (χ2n) is 3.61. The van der Waals surface area contributed by atoms with Gasteiger partial charge in [-0.3, -0.25) is 0 Å². The van der Waals surface area contributed by atoms with Crippen molar-refractivity contribution in [2.24, 2.45) is 0 Å². The van der Waals surface area contributed by atoms with E-state index in [0.29, 0.717) is 0 Å². The van der Waals surface area contributed by atoms with Crippen LogP contribution < -0.4 is 3.27 Å². The van der Waals surface area contributed by atoms with E-state index in [9.17, 15) is 0 Å². The van der Waals surface area contributed by atoms with Crippen molar-refractivity contribution >= 4 is 25.0 Å². The van der Waals surface area contributed by atoms with Crippen LogP contribution in [0.4, 0.5) is 0 Å². The number of rotatable bonds is 4. The number of aryl methyl sites for hydroxylation is 1. The molecule has 1 aromatic carbocycles. The van der Waals surface area contributed by atoms with Crippen molar-refractivity contribution in [2.75, 3.05) is 6.61 Å². The monoisotopic (exact) mass is 388 g/mol. The third-order valence-electron chi connectivity index (χ3n) is 2.23. The predicted molar refractivity (Wildman–Crippen MR) is 63.6 cm³/mol. The molecular weight excluding hydrogens is 369 g/mol. The molecule has 0 aliphatic heterocycles. The molecule has 0 spiro atoms. The summed E-state index contributed by atoms with van der Waals surface area (Å²) in [7, 11) is 0. The summed E-state index contributed by atoms with van der Waals surface area (Å²) in [6.07, 6.45) is 0. The maximum absolute atomic E-state index is 5.50. The van der Waals surface area contributed by atoms with Crippen LogP contribution in [-0.2, 0) is 11.3 Å². The molecule has 0 bridgehead atoms. The normalized spacial score (nSPS) is 10.9. The van der Waals surface area contributed by atoms with Gasteiger partial charge in [-0.15, -0.1) is 0 Å². The average Bonchev–Trinajstić information content (AvgIpc) is 2.14. The molecule has 0 aliphatic rings. The summed E-state index contributed by atoms with van der Waals surface area (Å²) in [6, 6.07) is 6.58. The van der Waals surface area contributed by atoms with Crippen molar-refractivity contribution in [3.63, 3.8) is 0 Å². The zero-order valence-corrected chi connectivity index (χ0v) is 13.0. The van der Waals surface area contributed by atoms with Crippen LogP contribution in [-0.4, -0.2) is 28.4 Å². The Balaban J connectivity index is 2.96. The van der Waals surface area contributed by atoms with Crippen LogP contribution in [0.2, 0.25) is 9.26 Å². The minimum atomic E-state index is -1.34. The van der Waals surface area contributed by atoms with Crippen molar-refractivity contribution in [1.82, 2.24) is 0 Å². The van der Waals surface area contributed by atoms with E-state index in [-0.39, 0.29) is 0 Å². The first-order valence-electron chi connectivity index (χ1n) is 5.00. The van der Waals surface area contributed by atoms with Gasteiger partial charge in [-0.2, -0.15) is 0 Å². The molecule has 78 valence electrons. The summed E-state index contributed by atoms with van der Waals surface area (Å²) < 4.78 is 12.0. The van der Waals surface area contributed by atoms with E-state index in [1.54, 1.807) is 3.27 Å². The third kappa shape index (κ3) is 3.03. The summed E-state index contributed by atoms with van der Waals surface area (Å²) >= 11 is -1.34. The van der Waals surface area contributed by atoms with Crippen LogP contribution in [0.25, 0.3) is 0 Å². The Morgan fingerprint density at radius 1 is 1.29 bits per heavy atom. The van der Waals surface area contributed by atoms with Gasteiger partial charge in [-0.25, -0.2) is 0 Å². The minimum absolute atomic E-state index is 0.793. The van der Waals surface area contributed by atoms with E-state index < -0.39 is 21.8 Å².